The van der Waals surface area contributed by atoms with Crippen LogP contribution in [-0.4, -0.2) is 30.3 Å². The van der Waals surface area contributed by atoms with E-state index in [2.05, 4.69) is 10.6 Å². The first-order chi connectivity index (χ1) is 8.97. The minimum absolute atomic E-state index is 0.298. The summed E-state index contributed by atoms with van der Waals surface area (Å²) in [6.45, 7) is 1.67. The lowest BCUT2D eigenvalue weighted by molar-refractivity contribution is -0.139. The Hall–Kier alpha value is -1.95. The number of nitrogens with one attached hydrogen (secondary N) is 2. The Morgan fingerprint density at radius 1 is 1.47 bits per heavy atom. The van der Waals surface area contributed by atoms with Crippen LogP contribution in [0.4, 0.5) is 10.5 Å². The standard InChI is InChI=1S/C12H15ClN2O4/c1-3-9(11(16)17)15-12(18)14-7-4-5-8(13)10(6-7)19-2/h4-6,9H,3H2,1-2H3,(H,16,17)(H2,14,15,18). The summed E-state index contributed by atoms with van der Waals surface area (Å²) in [4.78, 5) is 22.4. The van der Waals surface area contributed by atoms with Crippen LogP contribution in [0.15, 0.2) is 18.2 Å². The van der Waals surface area contributed by atoms with Gasteiger partial charge < -0.3 is 20.5 Å². The first kappa shape index (κ1) is 15.1. The van der Waals surface area contributed by atoms with Crippen LogP contribution in [0.1, 0.15) is 13.3 Å². The molecule has 1 aromatic rings. The van der Waals surface area contributed by atoms with Crippen LogP contribution in [0.3, 0.4) is 0 Å². The van der Waals surface area contributed by atoms with Crippen LogP contribution < -0.4 is 15.4 Å². The van der Waals surface area contributed by atoms with Gasteiger partial charge in [0.1, 0.15) is 11.8 Å². The number of halogens is 1. The van der Waals surface area contributed by atoms with E-state index in [-0.39, 0.29) is 0 Å². The van der Waals surface area contributed by atoms with E-state index < -0.39 is 18.0 Å². The summed E-state index contributed by atoms with van der Waals surface area (Å²) in [6.07, 6.45) is 0.298. The summed E-state index contributed by atoms with van der Waals surface area (Å²) in [5.74, 6) is -0.656. The van der Waals surface area contributed by atoms with Gasteiger partial charge in [0.05, 0.1) is 12.1 Å². The van der Waals surface area contributed by atoms with Crippen LogP contribution >= 0.6 is 11.6 Å². The van der Waals surface area contributed by atoms with Crippen LogP contribution in [0.5, 0.6) is 5.75 Å². The zero-order chi connectivity index (χ0) is 14.4. The van der Waals surface area contributed by atoms with Crippen LogP contribution in [-0.2, 0) is 4.79 Å². The molecule has 0 aliphatic rings. The molecule has 1 atom stereocenters. The van der Waals surface area contributed by atoms with Crippen molar-refractivity contribution in [2.45, 2.75) is 19.4 Å². The molecule has 0 radical (unpaired) electrons. The molecule has 0 spiro atoms. The van der Waals surface area contributed by atoms with Gasteiger partial charge in [-0.3, -0.25) is 0 Å². The molecule has 0 saturated carbocycles. The summed E-state index contributed by atoms with van der Waals surface area (Å²) < 4.78 is 5.01. The molecule has 0 aliphatic carbocycles. The number of benzene rings is 1. The molecule has 6 nitrogen and oxygen atoms in total. The monoisotopic (exact) mass is 286 g/mol. The predicted octanol–water partition coefficient (Wildman–Crippen LogP) is 2.33. The molecule has 7 heteroatoms. The third-order valence-electron chi connectivity index (χ3n) is 2.42. The van der Waals surface area contributed by atoms with Gasteiger partial charge in [0.2, 0.25) is 0 Å². The lowest BCUT2D eigenvalue weighted by atomic mass is 10.2. The van der Waals surface area contributed by atoms with Crippen molar-refractivity contribution in [3.05, 3.63) is 23.2 Å². The highest BCUT2D eigenvalue weighted by Gasteiger charge is 2.17. The molecule has 2 amide bonds. The molecule has 1 rings (SSSR count). The molecule has 19 heavy (non-hydrogen) atoms. The van der Waals surface area contributed by atoms with Crippen molar-refractivity contribution in [2.24, 2.45) is 0 Å². The number of anilines is 1. The van der Waals surface area contributed by atoms with Crippen molar-refractivity contribution in [1.82, 2.24) is 5.32 Å². The Kier molecular flexibility index (Phi) is 5.44. The first-order valence-electron chi connectivity index (χ1n) is 5.61. The number of methoxy groups -OCH3 is 1. The summed E-state index contributed by atoms with van der Waals surface area (Å²) in [7, 11) is 1.46. The van der Waals surface area contributed by atoms with E-state index in [1.807, 2.05) is 0 Å². The third kappa shape index (κ3) is 4.33. The number of carboxylic acid groups (broad SMARTS) is 1. The van der Waals surface area contributed by atoms with Gasteiger partial charge in [-0.15, -0.1) is 0 Å². The highest BCUT2D eigenvalue weighted by atomic mass is 35.5. The number of hydrogen-bond donors (Lipinski definition) is 3. The smallest absolute Gasteiger partial charge is 0.326 e. The molecule has 0 bridgehead atoms. The van der Waals surface area contributed by atoms with Crippen LogP contribution in [0.25, 0.3) is 0 Å². The highest BCUT2D eigenvalue weighted by Crippen LogP contribution is 2.27. The lowest BCUT2D eigenvalue weighted by Crippen LogP contribution is -2.42. The largest absolute Gasteiger partial charge is 0.495 e. The van der Waals surface area contributed by atoms with E-state index >= 15 is 0 Å². The number of amides is 2. The average molecular weight is 287 g/mol. The number of carbonyl (C=O) groups excluding carboxylic acids is 1. The van der Waals surface area contributed by atoms with Crippen molar-refractivity contribution in [3.63, 3.8) is 0 Å². The average Bonchev–Trinajstić information content (AvgIpc) is 2.37. The van der Waals surface area contributed by atoms with E-state index in [0.29, 0.717) is 22.9 Å². The van der Waals surface area contributed by atoms with Crippen molar-refractivity contribution < 1.29 is 19.4 Å². The topological polar surface area (TPSA) is 87.7 Å². The Balaban J connectivity index is 2.69. The number of carbonyl (C=O) groups is 2. The van der Waals surface area contributed by atoms with E-state index in [1.165, 1.54) is 7.11 Å². The van der Waals surface area contributed by atoms with E-state index in [0.717, 1.165) is 0 Å². The number of rotatable bonds is 5. The Morgan fingerprint density at radius 3 is 2.68 bits per heavy atom. The fourth-order valence-electron chi connectivity index (χ4n) is 1.40. The second-order valence-electron chi connectivity index (χ2n) is 3.75. The number of hydrogen-bond acceptors (Lipinski definition) is 3. The Morgan fingerprint density at radius 2 is 2.16 bits per heavy atom. The fourth-order valence-corrected chi connectivity index (χ4v) is 1.60. The lowest BCUT2D eigenvalue weighted by Gasteiger charge is -2.13. The maximum Gasteiger partial charge on any atom is 0.326 e. The molecular formula is C12H15ClN2O4. The number of ether oxygens (including phenoxy) is 1. The molecule has 0 aliphatic heterocycles. The maximum atomic E-state index is 11.6. The van der Waals surface area contributed by atoms with Gasteiger partial charge in [-0.1, -0.05) is 18.5 Å². The number of carboxylic acids is 1. The third-order valence-corrected chi connectivity index (χ3v) is 2.73. The molecule has 0 heterocycles. The first-order valence-corrected chi connectivity index (χ1v) is 5.99. The Labute approximate surface area is 115 Å². The SMILES string of the molecule is CCC(NC(=O)Nc1ccc(Cl)c(OC)c1)C(=O)O. The van der Waals surface area contributed by atoms with Gasteiger partial charge in [0.15, 0.2) is 0 Å². The molecule has 3 N–H and O–H groups in total. The summed E-state index contributed by atoms with van der Waals surface area (Å²) >= 11 is 5.85. The van der Waals surface area contributed by atoms with Gasteiger partial charge in [-0.25, -0.2) is 9.59 Å². The highest BCUT2D eigenvalue weighted by molar-refractivity contribution is 6.32. The quantitative estimate of drug-likeness (QED) is 0.775. The molecule has 104 valence electrons. The molecule has 0 saturated heterocycles. The van der Waals surface area contributed by atoms with Gasteiger partial charge in [0.25, 0.3) is 0 Å². The Bertz CT molecular complexity index is 479. The van der Waals surface area contributed by atoms with Gasteiger partial charge in [-0.05, 0) is 18.6 Å². The van der Waals surface area contributed by atoms with Crippen LogP contribution in [0, 0.1) is 0 Å². The van der Waals surface area contributed by atoms with Crippen LogP contribution in [0.2, 0.25) is 5.02 Å². The molecule has 0 fully saturated rings. The molecule has 0 aromatic heterocycles. The van der Waals surface area contributed by atoms with Crippen molar-refractivity contribution in [3.8, 4) is 5.75 Å². The fraction of sp³-hybridized carbons (Fsp3) is 0.333. The number of aliphatic carboxylic acids is 1. The second kappa shape index (κ2) is 6.84. The van der Waals surface area contributed by atoms with Crippen molar-refractivity contribution in [2.75, 3.05) is 12.4 Å². The van der Waals surface area contributed by atoms with Gasteiger partial charge >= 0.3 is 12.0 Å². The zero-order valence-corrected chi connectivity index (χ0v) is 11.3. The predicted molar refractivity (Wildman–Crippen MR) is 71.9 cm³/mol. The molecular weight excluding hydrogens is 272 g/mol. The van der Waals surface area contributed by atoms with Crippen molar-refractivity contribution >= 4 is 29.3 Å². The van der Waals surface area contributed by atoms with E-state index in [4.69, 9.17) is 21.4 Å². The summed E-state index contributed by atoms with van der Waals surface area (Å²) in [5.41, 5.74) is 0.457. The van der Waals surface area contributed by atoms with Crippen molar-refractivity contribution in [1.29, 1.82) is 0 Å². The summed E-state index contributed by atoms with van der Waals surface area (Å²) in [6, 6.07) is 3.19. The van der Waals surface area contributed by atoms with E-state index in [1.54, 1.807) is 25.1 Å². The molecule has 1 unspecified atom stereocenters. The summed E-state index contributed by atoms with van der Waals surface area (Å²) in [5, 5.41) is 14.1. The normalized spacial score (nSPS) is 11.5. The zero-order valence-electron chi connectivity index (χ0n) is 10.6. The molecule has 1 aromatic carbocycles. The second-order valence-corrected chi connectivity index (χ2v) is 4.15. The maximum absolute atomic E-state index is 11.6. The minimum Gasteiger partial charge on any atom is -0.495 e. The van der Waals surface area contributed by atoms with Gasteiger partial charge in [0, 0.05) is 11.8 Å². The van der Waals surface area contributed by atoms with Gasteiger partial charge in [-0.2, -0.15) is 0 Å². The van der Waals surface area contributed by atoms with E-state index in [9.17, 15) is 9.59 Å². The minimum atomic E-state index is -1.08. The number of urea groups is 1.